The number of aromatic amines is 1. The molecule has 90 valence electrons. The van der Waals surface area contributed by atoms with Crippen LogP contribution in [0.5, 0.6) is 0 Å². The molecule has 5 nitrogen and oxygen atoms in total. The summed E-state index contributed by atoms with van der Waals surface area (Å²) in [5.74, 6) is 0. The molecule has 0 bridgehead atoms. The highest BCUT2D eigenvalue weighted by molar-refractivity contribution is 5.89. The molecule has 0 unspecified atom stereocenters. The Bertz CT molecular complexity index is 569. The van der Waals surface area contributed by atoms with Gasteiger partial charge in [0.1, 0.15) is 0 Å². The fourth-order valence-corrected chi connectivity index (χ4v) is 1.49. The van der Waals surface area contributed by atoms with Crippen molar-refractivity contribution in [1.29, 1.82) is 5.26 Å². The normalized spacial score (nSPS) is 9.50. The largest absolute Gasteiger partial charge is 0.367 e. The fourth-order valence-electron chi connectivity index (χ4n) is 1.49. The highest BCUT2D eigenvalue weighted by atomic mass is 16.2. The van der Waals surface area contributed by atoms with Crippen LogP contribution in [0.3, 0.4) is 0 Å². The maximum atomic E-state index is 11.6. The number of H-pyrrole nitrogens is 1. The lowest BCUT2D eigenvalue weighted by Crippen LogP contribution is -2.28. The van der Waals surface area contributed by atoms with Crippen LogP contribution < -0.4 is 10.6 Å². The summed E-state index contributed by atoms with van der Waals surface area (Å²) < 4.78 is 0. The lowest BCUT2D eigenvalue weighted by molar-refractivity contribution is 0.252. The standard InChI is InChI=1S/C13H12N4O/c14-7-10-2-1-3-12(6-10)17-13(18)16-9-11-4-5-15-8-11/h1-6,8,15H,9H2,(H2,16,17,18). The van der Waals surface area contributed by atoms with E-state index in [0.29, 0.717) is 17.8 Å². The molecule has 2 amide bonds. The van der Waals surface area contributed by atoms with Crippen LogP contribution in [-0.2, 0) is 6.54 Å². The maximum absolute atomic E-state index is 11.6. The van der Waals surface area contributed by atoms with Gasteiger partial charge in [-0.15, -0.1) is 0 Å². The van der Waals surface area contributed by atoms with Crippen LogP contribution >= 0.6 is 0 Å². The number of hydrogen-bond donors (Lipinski definition) is 3. The van der Waals surface area contributed by atoms with Crippen molar-refractivity contribution in [2.24, 2.45) is 0 Å². The average molecular weight is 240 g/mol. The Morgan fingerprint density at radius 2 is 2.28 bits per heavy atom. The first-order valence-electron chi connectivity index (χ1n) is 5.44. The van der Waals surface area contributed by atoms with Crippen molar-refractivity contribution < 1.29 is 4.79 Å². The van der Waals surface area contributed by atoms with Crippen molar-refractivity contribution in [3.8, 4) is 6.07 Å². The first kappa shape index (κ1) is 11.7. The number of carbonyl (C=O) groups excluding carboxylic acids is 1. The Morgan fingerprint density at radius 1 is 1.39 bits per heavy atom. The number of amides is 2. The van der Waals surface area contributed by atoms with Crippen molar-refractivity contribution in [3.05, 3.63) is 53.9 Å². The van der Waals surface area contributed by atoms with Crippen molar-refractivity contribution >= 4 is 11.7 Å². The second-order valence-electron chi connectivity index (χ2n) is 3.72. The van der Waals surface area contributed by atoms with Crippen LogP contribution in [-0.4, -0.2) is 11.0 Å². The van der Waals surface area contributed by atoms with Crippen LogP contribution in [0.2, 0.25) is 0 Å². The quantitative estimate of drug-likeness (QED) is 0.768. The minimum atomic E-state index is -0.300. The van der Waals surface area contributed by atoms with Crippen LogP contribution in [0.15, 0.2) is 42.7 Å². The first-order valence-corrected chi connectivity index (χ1v) is 5.44. The molecule has 3 N–H and O–H groups in total. The molecule has 0 aliphatic heterocycles. The summed E-state index contributed by atoms with van der Waals surface area (Å²) in [7, 11) is 0. The molecule has 1 aromatic heterocycles. The highest BCUT2D eigenvalue weighted by Gasteiger charge is 2.02. The van der Waals surface area contributed by atoms with E-state index in [1.807, 2.05) is 18.3 Å². The average Bonchev–Trinajstić information content (AvgIpc) is 2.90. The van der Waals surface area contributed by atoms with E-state index in [1.165, 1.54) is 0 Å². The number of hydrogen-bond acceptors (Lipinski definition) is 2. The zero-order valence-electron chi connectivity index (χ0n) is 9.60. The fraction of sp³-hybridized carbons (Fsp3) is 0.0769. The number of nitrogens with zero attached hydrogens (tertiary/aromatic N) is 1. The summed E-state index contributed by atoms with van der Waals surface area (Å²) in [6, 6.07) is 10.4. The molecule has 18 heavy (non-hydrogen) atoms. The molecule has 0 saturated heterocycles. The predicted octanol–water partition coefficient (Wildman–Crippen LogP) is 2.21. The van der Waals surface area contributed by atoms with Gasteiger partial charge in [0.25, 0.3) is 0 Å². The Hall–Kier alpha value is -2.74. The minimum absolute atomic E-state index is 0.300. The van der Waals surface area contributed by atoms with Gasteiger partial charge in [-0.1, -0.05) is 6.07 Å². The number of rotatable bonds is 3. The zero-order chi connectivity index (χ0) is 12.8. The van der Waals surface area contributed by atoms with E-state index in [1.54, 1.807) is 30.5 Å². The van der Waals surface area contributed by atoms with Gasteiger partial charge in [-0.3, -0.25) is 0 Å². The third-order valence-electron chi connectivity index (χ3n) is 2.36. The molecule has 5 heteroatoms. The Morgan fingerprint density at radius 3 is 3.00 bits per heavy atom. The van der Waals surface area contributed by atoms with Crippen LogP contribution in [0.1, 0.15) is 11.1 Å². The predicted molar refractivity (Wildman–Crippen MR) is 67.8 cm³/mol. The van der Waals surface area contributed by atoms with Gasteiger partial charge in [-0.05, 0) is 29.8 Å². The zero-order valence-corrected chi connectivity index (χ0v) is 9.60. The van der Waals surface area contributed by atoms with E-state index in [4.69, 9.17) is 5.26 Å². The second-order valence-corrected chi connectivity index (χ2v) is 3.72. The molecule has 0 atom stereocenters. The molecule has 2 rings (SSSR count). The highest BCUT2D eigenvalue weighted by Crippen LogP contribution is 2.09. The summed E-state index contributed by atoms with van der Waals surface area (Å²) in [5, 5.41) is 14.1. The molecule has 1 aromatic carbocycles. The van der Waals surface area contributed by atoms with Gasteiger partial charge >= 0.3 is 6.03 Å². The van der Waals surface area contributed by atoms with Gasteiger partial charge in [0.15, 0.2) is 0 Å². The summed E-state index contributed by atoms with van der Waals surface area (Å²) >= 11 is 0. The van der Waals surface area contributed by atoms with E-state index < -0.39 is 0 Å². The molecule has 0 fully saturated rings. The smallest absolute Gasteiger partial charge is 0.319 e. The third-order valence-corrected chi connectivity index (χ3v) is 2.36. The molecule has 0 aliphatic carbocycles. The summed E-state index contributed by atoms with van der Waals surface area (Å²) in [5.41, 5.74) is 2.11. The van der Waals surface area contributed by atoms with Crippen LogP contribution in [0, 0.1) is 11.3 Å². The van der Waals surface area contributed by atoms with Gasteiger partial charge < -0.3 is 15.6 Å². The number of benzene rings is 1. The molecule has 0 spiro atoms. The van der Waals surface area contributed by atoms with Gasteiger partial charge in [0, 0.05) is 24.6 Å². The first-order chi connectivity index (χ1) is 8.78. The van der Waals surface area contributed by atoms with Gasteiger partial charge in [0.2, 0.25) is 0 Å². The summed E-state index contributed by atoms with van der Waals surface area (Å²) in [6.07, 6.45) is 3.61. The number of nitriles is 1. The second kappa shape index (κ2) is 5.55. The van der Waals surface area contributed by atoms with E-state index in [2.05, 4.69) is 15.6 Å². The molecular weight excluding hydrogens is 228 g/mol. The van der Waals surface area contributed by atoms with Crippen LogP contribution in [0.25, 0.3) is 0 Å². The lowest BCUT2D eigenvalue weighted by atomic mass is 10.2. The monoisotopic (exact) mass is 240 g/mol. The Kier molecular flexibility index (Phi) is 3.62. The molecule has 0 aliphatic rings. The molecule has 0 radical (unpaired) electrons. The van der Waals surface area contributed by atoms with E-state index >= 15 is 0 Å². The van der Waals surface area contributed by atoms with Crippen molar-refractivity contribution in [3.63, 3.8) is 0 Å². The summed E-state index contributed by atoms with van der Waals surface area (Å²) in [4.78, 5) is 14.5. The summed E-state index contributed by atoms with van der Waals surface area (Å²) in [6.45, 7) is 0.452. The van der Waals surface area contributed by atoms with E-state index in [0.717, 1.165) is 5.56 Å². The third kappa shape index (κ3) is 3.12. The van der Waals surface area contributed by atoms with Crippen LogP contribution in [0.4, 0.5) is 10.5 Å². The molecular formula is C13H12N4O. The number of aromatic nitrogens is 1. The number of anilines is 1. The van der Waals surface area contributed by atoms with Gasteiger partial charge in [0.05, 0.1) is 11.6 Å². The topological polar surface area (TPSA) is 80.7 Å². The number of nitrogens with one attached hydrogen (secondary N) is 3. The lowest BCUT2D eigenvalue weighted by Gasteiger charge is -2.06. The SMILES string of the molecule is N#Cc1cccc(NC(=O)NCc2cc[nH]c2)c1. The molecule has 0 saturated carbocycles. The number of carbonyl (C=O) groups is 1. The molecule has 2 aromatic rings. The Labute approximate surface area is 104 Å². The van der Waals surface area contributed by atoms with Crippen molar-refractivity contribution in [1.82, 2.24) is 10.3 Å². The molecule has 1 heterocycles. The van der Waals surface area contributed by atoms with Gasteiger partial charge in [-0.25, -0.2) is 4.79 Å². The number of urea groups is 1. The van der Waals surface area contributed by atoms with E-state index in [-0.39, 0.29) is 6.03 Å². The van der Waals surface area contributed by atoms with E-state index in [9.17, 15) is 4.79 Å². The van der Waals surface area contributed by atoms with Gasteiger partial charge in [-0.2, -0.15) is 5.26 Å². The van der Waals surface area contributed by atoms with Crippen molar-refractivity contribution in [2.45, 2.75) is 6.54 Å². The maximum Gasteiger partial charge on any atom is 0.319 e. The van der Waals surface area contributed by atoms with Crippen molar-refractivity contribution in [2.75, 3.05) is 5.32 Å². The minimum Gasteiger partial charge on any atom is -0.367 e. The Balaban J connectivity index is 1.89.